The number of para-hydroxylation sites is 1. The zero-order valence-corrected chi connectivity index (χ0v) is 10.9. The van der Waals surface area contributed by atoms with Gasteiger partial charge in [-0.3, -0.25) is 4.79 Å². The number of amides is 1. The van der Waals surface area contributed by atoms with Crippen molar-refractivity contribution in [2.45, 2.75) is 20.1 Å². The number of ether oxygens (including phenoxy) is 1. The summed E-state index contributed by atoms with van der Waals surface area (Å²) in [5.41, 5.74) is 2.16. The van der Waals surface area contributed by atoms with E-state index >= 15 is 0 Å². The molecule has 0 aliphatic carbocycles. The van der Waals surface area contributed by atoms with E-state index in [0.29, 0.717) is 13.2 Å². The fourth-order valence-electron chi connectivity index (χ4n) is 1.74. The number of carbonyl (C=O) groups excluding carboxylic acids is 1. The highest BCUT2D eigenvalue weighted by Gasteiger charge is 1.99. The van der Waals surface area contributed by atoms with Crippen LogP contribution in [0, 0.1) is 0 Å². The zero-order chi connectivity index (χ0) is 13.5. The molecule has 0 atom stereocenters. The maximum Gasteiger partial charge on any atom is 0.217 e. The second-order valence-electron chi connectivity index (χ2n) is 4.33. The van der Waals surface area contributed by atoms with Crippen molar-refractivity contribution in [3.63, 3.8) is 0 Å². The number of carbonyl (C=O) groups is 1. The minimum atomic E-state index is -0.0223. The maximum atomic E-state index is 10.9. The molecule has 0 aliphatic rings. The first-order chi connectivity index (χ1) is 9.24. The van der Waals surface area contributed by atoms with Crippen LogP contribution in [0.4, 0.5) is 0 Å². The highest BCUT2D eigenvalue weighted by molar-refractivity contribution is 5.72. The molecule has 2 rings (SSSR count). The summed E-state index contributed by atoms with van der Waals surface area (Å²) in [4.78, 5) is 10.9. The molecule has 3 heteroatoms. The Hall–Kier alpha value is -2.29. The van der Waals surface area contributed by atoms with E-state index in [9.17, 15) is 4.79 Å². The SMILES string of the molecule is CC(=O)NCc1cccc(COc2ccccc2)c1. The quantitative estimate of drug-likeness (QED) is 0.892. The Balaban J connectivity index is 1.93. The molecule has 0 unspecified atom stereocenters. The third kappa shape index (κ3) is 4.47. The molecule has 0 fully saturated rings. The smallest absolute Gasteiger partial charge is 0.217 e. The standard InChI is InChI=1S/C16H17NO2/c1-13(18)17-11-14-6-5-7-15(10-14)12-19-16-8-3-2-4-9-16/h2-10H,11-12H2,1H3,(H,17,18). The molecule has 0 aromatic heterocycles. The average molecular weight is 255 g/mol. The summed E-state index contributed by atoms with van der Waals surface area (Å²) in [7, 11) is 0. The van der Waals surface area contributed by atoms with Crippen LogP contribution in [-0.4, -0.2) is 5.91 Å². The molecule has 98 valence electrons. The molecule has 0 heterocycles. The molecule has 0 aliphatic heterocycles. The largest absolute Gasteiger partial charge is 0.489 e. The minimum Gasteiger partial charge on any atom is -0.489 e. The number of benzene rings is 2. The molecule has 0 saturated carbocycles. The van der Waals surface area contributed by atoms with Gasteiger partial charge in [-0.15, -0.1) is 0 Å². The van der Waals surface area contributed by atoms with Crippen molar-refractivity contribution in [3.05, 3.63) is 65.7 Å². The summed E-state index contributed by atoms with van der Waals surface area (Å²) in [6, 6.07) is 17.7. The molecule has 3 nitrogen and oxygen atoms in total. The van der Waals surface area contributed by atoms with Gasteiger partial charge in [0, 0.05) is 13.5 Å². The van der Waals surface area contributed by atoms with E-state index in [-0.39, 0.29) is 5.91 Å². The van der Waals surface area contributed by atoms with E-state index in [4.69, 9.17) is 4.74 Å². The van der Waals surface area contributed by atoms with Crippen molar-refractivity contribution in [1.29, 1.82) is 0 Å². The Kier molecular flexibility index (Phi) is 4.56. The Bertz CT molecular complexity index is 537. The number of rotatable bonds is 5. The van der Waals surface area contributed by atoms with Crippen LogP contribution in [-0.2, 0) is 17.9 Å². The molecule has 1 amide bonds. The topological polar surface area (TPSA) is 38.3 Å². The van der Waals surface area contributed by atoms with Crippen LogP contribution < -0.4 is 10.1 Å². The van der Waals surface area contributed by atoms with Crippen molar-refractivity contribution >= 4 is 5.91 Å². The van der Waals surface area contributed by atoms with Crippen LogP contribution in [0.25, 0.3) is 0 Å². The Morgan fingerprint density at radius 2 is 1.79 bits per heavy atom. The van der Waals surface area contributed by atoms with Gasteiger partial charge in [0.25, 0.3) is 0 Å². The van der Waals surface area contributed by atoms with Crippen LogP contribution >= 0.6 is 0 Å². The van der Waals surface area contributed by atoms with Crippen LogP contribution in [0.2, 0.25) is 0 Å². The lowest BCUT2D eigenvalue weighted by atomic mass is 10.1. The molecule has 2 aromatic rings. The summed E-state index contributed by atoms with van der Waals surface area (Å²) >= 11 is 0. The van der Waals surface area contributed by atoms with Gasteiger partial charge in [0.2, 0.25) is 5.91 Å². The fourth-order valence-corrected chi connectivity index (χ4v) is 1.74. The van der Waals surface area contributed by atoms with Gasteiger partial charge in [0.1, 0.15) is 12.4 Å². The molecule has 0 bridgehead atoms. The fraction of sp³-hybridized carbons (Fsp3) is 0.188. The lowest BCUT2D eigenvalue weighted by Gasteiger charge is -2.08. The third-order valence-corrected chi connectivity index (χ3v) is 2.68. The molecule has 0 radical (unpaired) electrons. The lowest BCUT2D eigenvalue weighted by molar-refractivity contribution is -0.119. The predicted molar refractivity (Wildman–Crippen MR) is 74.7 cm³/mol. The van der Waals surface area contributed by atoms with E-state index in [1.54, 1.807) is 0 Å². The third-order valence-electron chi connectivity index (χ3n) is 2.68. The van der Waals surface area contributed by atoms with Crippen molar-refractivity contribution in [2.75, 3.05) is 0 Å². The molecular formula is C16H17NO2. The number of hydrogen-bond acceptors (Lipinski definition) is 2. The van der Waals surface area contributed by atoms with Gasteiger partial charge in [-0.1, -0.05) is 42.5 Å². The minimum absolute atomic E-state index is 0.0223. The van der Waals surface area contributed by atoms with Gasteiger partial charge >= 0.3 is 0 Å². The van der Waals surface area contributed by atoms with E-state index in [0.717, 1.165) is 16.9 Å². The van der Waals surface area contributed by atoms with Gasteiger partial charge in [0.05, 0.1) is 0 Å². The van der Waals surface area contributed by atoms with Gasteiger partial charge in [-0.25, -0.2) is 0 Å². The van der Waals surface area contributed by atoms with Gasteiger partial charge in [0.15, 0.2) is 0 Å². The van der Waals surface area contributed by atoms with E-state index < -0.39 is 0 Å². The molecule has 19 heavy (non-hydrogen) atoms. The molecule has 1 N–H and O–H groups in total. The second kappa shape index (κ2) is 6.59. The van der Waals surface area contributed by atoms with Gasteiger partial charge < -0.3 is 10.1 Å². The van der Waals surface area contributed by atoms with Crippen LogP contribution in [0.3, 0.4) is 0 Å². The van der Waals surface area contributed by atoms with E-state index in [1.807, 2.05) is 54.6 Å². The molecular weight excluding hydrogens is 238 g/mol. The summed E-state index contributed by atoms with van der Waals surface area (Å²) in [6.07, 6.45) is 0. The monoisotopic (exact) mass is 255 g/mol. The van der Waals surface area contributed by atoms with Crippen molar-refractivity contribution in [1.82, 2.24) is 5.32 Å². The predicted octanol–water partition coefficient (Wildman–Crippen LogP) is 2.90. The molecule has 0 saturated heterocycles. The van der Waals surface area contributed by atoms with Gasteiger partial charge in [-0.05, 0) is 23.3 Å². The highest BCUT2D eigenvalue weighted by Crippen LogP contribution is 2.12. The number of nitrogens with one attached hydrogen (secondary N) is 1. The second-order valence-corrected chi connectivity index (χ2v) is 4.33. The van der Waals surface area contributed by atoms with E-state index in [1.165, 1.54) is 6.92 Å². The Labute approximate surface area is 113 Å². The Morgan fingerprint density at radius 1 is 1.05 bits per heavy atom. The first-order valence-electron chi connectivity index (χ1n) is 6.24. The maximum absolute atomic E-state index is 10.9. The first kappa shape index (κ1) is 13.1. The Morgan fingerprint density at radius 3 is 2.53 bits per heavy atom. The highest BCUT2D eigenvalue weighted by atomic mass is 16.5. The first-order valence-corrected chi connectivity index (χ1v) is 6.24. The van der Waals surface area contributed by atoms with Crippen LogP contribution in [0.5, 0.6) is 5.75 Å². The molecule has 0 spiro atoms. The zero-order valence-electron chi connectivity index (χ0n) is 10.9. The van der Waals surface area contributed by atoms with E-state index in [2.05, 4.69) is 5.32 Å². The van der Waals surface area contributed by atoms with Gasteiger partial charge in [-0.2, -0.15) is 0 Å². The summed E-state index contributed by atoms with van der Waals surface area (Å²) in [5, 5.41) is 2.78. The van der Waals surface area contributed by atoms with Crippen molar-refractivity contribution in [3.8, 4) is 5.75 Å². The number of hydrogen-bond donors (Lipinski definition) is 1. The van der Waals surface area contributed by atoms with Crippen molar-refractivity contribution < 1.29 is 9.53 Å². The van der Waals surface area contributed by atoms with Crippen LogP contribution in [0.15, 0.2) is 54.6 Å². The lowest BCUT2D eigenvalue weighted by Crippen LogP contribution is -2.18. The normalized spacial score (nSPS) is 9.95. The summed E-state index contributed by atoms with van der Waals surface area (Å²) < 4.78 is 5.69. The average Bonchev–Trinajstić information content (AvgIpc) is 2.44. The summed E-state index contributed by atoms with van der Waals surface area (Å²) in [6.45, 7) is 2.59. The molecule has 2 aromatic carbocycles. The summed E-state index contributed by atoms with van der Waals surface area (Å²) in [5.74, 6) is 0.834. The van der Waals surface area contributed by atoms with Crippen LogP contribution in [0.1, 0.15) is 18.1 Å². The van der Waals surface area contributed by atoms with Crippen molar-refractivity contribution in [2.24, 2.45) is 0 Å².